The van der Waals surface area contributed by atoms with Crippen molar-refractivity contribution >= 4 is 17.2 Å². The van der Waals surface area contributed by atoms with Gasteiger partial charge < -0.3 is 21.1 Å². The number of nitrogens with zero attached hydrogens (tertiary/aromatic N) is 6. The van der Waals surface area contributed by atoms with E-state index >= 15 is 0 Å². The van der Waals surface area contributed by atoms with Crippen LogP contribution in [0.3, 0.4) is 0 Å². The normalized spacial score (nSPS) is 17.2. The summed E-state index contributed by atoms with van der Waals surface area (Å²) in [5.41, 5.74) is 10.4. The number of ether oxygens (including phenoxy) is 1. The largest absolute Gasteiger partial charge is 0.496 e. The second-order valence-corrected chi connectivity index (χ2v) is 8.12. The molecule has 4 N–H and O–H groups in total. The van der Waals surface area contributed by atoms with Gasteiger partial charge >= 0.3 is 0 Å². The number of aromatic nitrogens is 5. The molecule has 0 radical (unpaired) electrons. The molecule has 0 saturated carbocycles. The summed E-state index contributed by atoms with van der Waals surface area (Å²) >= 11 is 0. The summed E-state index contributed by atoms with van der Waals surface area (Å²) in [4.78, 5) is 17.2. The molecule has 5 rings (SSSR count). The van der Waals surface area contributed by atoms with Gasteiger partial charge in [-0.25, -0.2) is 24.6 Å². The molecule has 10 heteroatoms. The molecule has 3 heterocycles. The van der Waals surface area contributed by atoms with Gasteiger partial charge in [-0.1, -0.05) is 30.3 Å². The van der Waals surface area contributed by atoms with Crippen LogP contribution in [0.25, 0.3) is 5.57 Å². The summed E-state index contributed by atoms with van der Waals surface area (Å²) in [6.45, 7) is 0.648. The summed E-state index contributed by atoms with van der Waals surface area (Å²) in [5, 5.41) is 10.7. The average Bonchev–Trinajstić information content (AvgIpc) is 3.39. The molecule has 10 nitrogen and oxygen atoms in total. The Labute approximate surface area is 202 Å². The minimum atomic E-state index is -1.08. The molecule has 2 aromatic heterocycles. The maximum Gasteiger partial charge on any atom is 0.202 e. The number of rotatable bonds is 7. The van der Waals surface area contributed by atoms with Crippen molar-refractivity contribution in [3.05, 3.63) is 103 Å². The first-order chi connectivity index (χ1) is 17.1. The number of nitrogens with one attached hydrogen (secondary N) is 2. The van der Waals surface area contributed by atoms with E-state index in [-0.39, 0.29) is 0 Å². The van der Waals surface area contributed by atoms with Gasteiger partial charge in [0.25, 0.3) is 0 Å². The molecule has 0 spiro atoms. The lowest BCUT2D eigenvalue weighted by Crippen LogP contribution is -2.48. The minimum Gasteiger partial charge on any atom is -0.496 e. The lowest BCUT2D eigenvalue weighted by atomic mass is 9.89. The summed E-state index contributed by atoms with van der Waals surface area (Å²) in [7, 11) is 1.65. The highest BCUT2D eigenvalue weighted by molar-refractivity contribution is 5.98. The number of hydrogen-bond acceptors (Lipinski definition) is 9. The third kappa shape index (κ3) is 5.02. The van der Waals surface area contributed by atoms with Crippen molar-refractivity contribution in [2.75, 3.05) is 12.4 Å². The molecule has 0 fully saturated rings. The smallest absolute Gasteiger partial charge is 0.202 e. The molecule has 0 amide bonds. The number of benzene rings is 2. The van der Waals surface area contributed by atoms with Crippen LogP contribution in [0.1, 0.15) is 16.7 Å². The number of guanidine groups is 1. The van der Waals surface area contributed by atoms with Gasteiger partial charge in [0, 0.05) is 41.8 Å². The molecule has 0 aliphatic carbocycles. The first kappa shape index (κ1) is 22.2. The summed E-state index contributed by atoms with van der Waals surface area (Å²) in [6, 6.07) is 15.8. The number of methoxy groups -OCH3 is 1. The molecule has 1 aliphatic heterocycles. The van der Waals surface area contributed by atoms with E-state index in [2.05, 4.69) is 30.7 Å². The second-order valence-electron chi connectivity index (χ2n) is 8.12. The molecular weight excluding hydrogens is 442 g/mol. The van der Waals surface area contributed by atoms with Crippen molar-refractivity contribution in [2.24, 2.45) is 10.7 Å². The molecule has 1 unspecified atom stereocenters. The van der Waals surface area contributed by atoms with Gasteiger partial charge in [0.15, 0.2) is 0 Å². The van der Waals surface area contributed by atoms with Crippen LogP contribution in [0.4, 0.5) is 5.69 Å². The topological polar surface area (TPSA) is 128 Å². The molecule has 1 atom stereocenters. The predicted octanol–water partition coefficient (Wildman–Crippen LogP) is 2.43. The van der Waals surface area contributed by atoms with Crippen molar-refractivity contribution in [2.45, 2.75) is 18.6 Å². The third-order valence-corrected chi connectivity index (χ3v) is 5.68. The fraction of sp³-hybridized carbons (Fsp3) is 0.160. The van der Waals surface area contributed by atoms with E-state index < -0.39 is 5.66 Å². The zero-order chi connectivity index (χ0) is 24.1. The molecule has 35 heavy (non-hydrogen) atoms. The first-order valence-corrected chi connectivity index (χ1v) is 11.0. The zero-order valence-electron chi connectivity index (χ0n) is 19.2. The number of anilines is 1. The van der Waals surface area contributed by atoms with Crippen LogP contribution < -0.4 is 21.1 Å². The van der Waals surface area contributed by atoms with Gasteiger partial charge in [0.1, 0.15) is 30.4 Å². The van der Waals surface area contributed by atoms with Crippen LogP contribution in [0.5, 0.6) is 5.75 Å². The van der Waals surface area contributed by atoms with Gasteiger partial charge in [0.05, 0.1) is 13.7 Å². The Balaban J connectivity index is 1.41. The van der Waals surface area contributed by atoms with E-state index in [1.54, 1.807) is 30.5 Å². The predicted molar refractivity (Wildman–Crippen MR) is 133 cm³/mol. The standard InChI is InChI=1S/C25H25N9O/c1-35-23-5-3-2-4-19(23)10-25(26)22(20-11-27-15-28-12-20)13-30-24(33-25)32-21-8-6-18(7-9-21)14-34-17-29-16-31-34/h2-9,11-13,15-17H,10,14,26H2,1H3,(H2,30,32,33). The van der Waals surface area contributed by atoms with E-state index in [1.807, 2.05) is 54.7 Å². The summed E-state index contributed by atoms with van der Waals surface area (Å²) in [6.07, 6.45) is 10.4. The highest BCUT2D eigenvalue weighted by Crippen LogP contribution is 2.33. The zero-order valence-corrected chi connectivity index (χ0v) is 19.2. The van der Waals surface area contributed by atoms with E-state index in [9.17, 15) is 0 Å². The molecule has 0 saturated heterocycles. The van der Waals surface area contributed by atoms with E-state index in [0.29, 0.717) is 18.9 Å². The Morgan fingerprint density at radius 3 is 2.57 bits per heavy atom. The lowest BCUT2D eigenvalue weighted by Gasteiger charge is -2.33. The van der Waals surface area contributed by atoms with Crippen molar-refractivity contribution in [3.63, 3.8) is 0 Å². The molecular formula is C25H25N9O. The Bertz CT molecular complexity index is 1340. The highest BCUT2D eigenvalue weighted by Gasteiger charge is 2.35. The molecule has 1 aliphatic rings. The number of aliphatic imine (C=N–C) groups is 1. The average molecular weight is 468 g/mol. The van der Waals surface area contributed by atoms with E-state index in [4.69, 9.17) is 15.5 Å². The Morgan fingerprint density at radius 1 is 1.03 bits per heavy atom. The van der Waals surface area contributed by atoms with E-state index in [1.165, 1.54) is 12.7 Å². The lowest BCUT2D eigenvalue weighted by molar-refractivity contribution is 0.405. The van der Waals surface area contributed by atoms with Crippen LogP contribution in [0.2, 0.25) is 0 Å². The van der Waals surface area contributed by atoms with Gasteiger partial charge in [-0.15, -0.1) is 0 Å². The van der Waals surface area contributed by atoms with Crippen molar-refractivity contribution in [1.82, 2.24) is 30.0 Å². The van der Waals surface area contributed by atoms with Gasteiger partial charge in [0.2, 0.25) is 5.96 Å². The maximum absolute atomic E-state index is 6.97. The highest BCUT2D eigenvalue weighted by atomic mass is 16.5. The fourth-order valence-electron chi connectivity index (χ4n) is 4.00. The molecule has 176 valence electrons. The van der Waals surface area contributed by atoms with Crippen molar-refractivity contribution in [3.8, 4) is 5.75 Å². The third-order valence-electron chi connectivity index (χ3n) is 5.68. The first-order valence-electron chi connectivity index (χ1n) is 11.0. The van der Waals surface area contributed by atoms with Gasteiger partial charge in [-0.3, -0.25) is 0 Å². The van der Waals surface area contributed by atoms with Gasteiger partial charge in [-0.2, -0.15) is 5.10 Å². The van der Waals surface area contributed by atoms with Crippen LogP contribution in [0.15, 0.2) is 91.1 Å². The summed E-state index contributed by atoms with van der Waals surface area (Å²) in [5.74, 6) is 1.29. The minimum absolute atomic E-state index is 0.418. The maximum atomic E-state index is 6.97. The van der Waals surface area contributed by atoms with Crippen molar-refractivity contribution < 1.29 is 4.74 Å². The Kier molecular flexibility index (Phi) is 6.18. The Hall–Kier alpha value is -4.57. The van der Waals surface area contributed by atoms with Crippen LogP contribution >= 0.6 is 0 Å². The number of para-hydroxylation sites is 1. The fourth-order valence-corrected chi connectivity index (χ4v) is 4.00. The quantitative estimate of drug-likeness (QED) is 0.378. The Morgan fingerprint density at radius 2 is 1.83 bits per heavy atom. The van der Waals surface area contributed by atoms with Crippen molar-refractivity contribution in [1.29, 1.82) is 0 Å². The SMILES string of the molecule is COc1ccccc1CC1(N)N=C(Nc2ccc(Cn3cncn3)cc2)NC=C1c1cncnc1. The second kappa shape index (κ2) is 9.74. The number of nitrogens with two attached hydrogens (primary N) is 1. The molecule has 4 aromatic rings. The van der Waals surface area contributed by atoms with Gasteiger partial charge in [-0.05, 0) is 29.3 Å². The summed E-state index contributed by atoms with van der Waals surface area (Å²) < 4.78 is 7.33. The van der Waals surface area contributed by atoms with Crippen LogP contribution in [-0.4, -0.2) is 43.5 Å². The number of hydrogen-bond donors (Lipinski definition) is 3. The van der Waals surface area contributed by atoms with E-state index in [0.717, 1.165) is 33.7 Å². The monoisotopic (exact) mass is 467 g/mol. The van der Waals surface area contributed by atoms with Crippen LogP contribution in [-0.2, 0) is 13.0 Å². The molecule has 2 aromatic carbocycles. The van der Waals surface area contributed by atoms with Crippen LogP contribution in [0, 0.1) is 0 Å². The molecule has 0 bridgehead atoms.